The van der Waals surface area contributed by atoms with Crippen LogP contribution in [0, 0.1) is 0 Å². The van der Waals surface area contributed by atoms with Gasteiger partial charge in [0.25, 0.3) is 0 Å². The highest BCUT2D eigenvalue weighted by Gasteiger charge is 2.21. The quantitative estimate of drug-likeness (QED) is 0.768. The second kappa shape index (κ2) is 9.01. The number of aromatic nitrogens is 3. The molecule has 0 saturated carbocycles. The van der Waals surface area contributed by atoms with E-state index in [9.17, 15) is 4.79 Å². The number of benzene rings is 1. The monoisotopic (exact) mass is 359 g/mol. The van der Waals surface area contributed by atoms with E-state index in [2.05, 4.69) is 51.3 Å². The lowest BCUT2D eigenvalue weighted by Gasteiger charge is -2.34. The normalized spacial score (nSPS) is 15.5. The van der Waals surface area contributed by atoms with Crippen LogP contribution >= 0.6 is 11.8 Å². The molecule has 2 aromatic rings. The molecule has 0 unspecified atom stereocenters. The van der Waals surface area contributed by atoms with Crippen molar-refractivity contribution in [2.75, 3.05) is 31.9 Å². The molecule has 1 fully saturated rings. The zero-order valence-electron chi connectivity index (χ0n) is 14.6. The summed E-state index contributed by atoms with van der Waals surface area (Å²) in [5.74, 6) is 1.47. The van der Waals surface area contributed by atoms with Gasteiger partial charge in [-0.05, 0) is 12.0 Å². The Labute approximate surface area is 153 Å². The standard InChI is InChI=1S/C18H25N5OS/c1-2-6-16-19-18(21-20-16)25-14-17(24)23-11-9-22(10-12-23)13-15-7-4-3-5-8-15/h3-5,7-8H,2,6,9-14H2,1H3,(H,19,20,21). The number of carbonyl (C=O) groups excluding carboxylic acids is 1. The van der Waals surface area contributed by atoms with Gasteiger partial charge in [0.15, 0.2) is 0 Å². The van der Waals surface area contributed by atoms with Crippen LogP contribution in [0.3, 0.4) is 0 Å². The molecular formula is C18H25N5OS. The van der Waals surface area contributed by atoms with Crippen LogP contribution in [0.4, 0.5) is 0 Å². The van der Waals surface area contributed by atoms with Crippen molar-refractivity contribution in [2.24, 2.45) is 0 Å². The van der Waals surface area contributed by atoms with Gasteiger partial charge in [-0.15, -0.1) is 5.10 Å². The largest absolute Gasteiger partial charge is 0.339 e. The molecule has 0 radical (unpaired) electrons. The Morgan fingerprint density at radius 3 is 2.68 bits per heavy atom. The molecule has 6 nitrogen and oxygen atoms in total. The van der Waals surface area contributed by atoms with Crippen molar-refractivity contribution in [3.05, 3.63) is 41.7 Å². The first-order valence-corrected chi connectivity index (χ1v) is 9.81. The second-order valence-corrected chi connectivity index (χ2v) is 7.19. The third-order valence-corrected chi connectivity index (χ3v) is 5.13. The fourth-order valence-electron chi connectivity index (χ4n) is 2.91. The maximum atomic E-state index is 12.4. The molecule has 25 heavy (non-hydrogen) atoms. The van der Waals surface area contributed by atoms with Gasteiger partial charge in [0.2, 0.25) is 11.1 Å². The number of nitrogens with one attached hydrogen (secondary N) is 1. The molecule has 0 spiro atoms. The van der Waals surface area contributed by atoms with Crippen LogP contribution in [0.2, 0.25) is 0 Å². The summed E-state index contributed by atoms with van der Waals surface area (Å²) in [7, 11) is 0. The van der Waals surface area contributed by atoms with Crippen LogP contribution in [0.15, 0.2) is 35.5 Å². The van der Waals surface area contributed by atoms with Gasteiger partial charge in [0, 0.05) is 39.1 Å². The van der Waals surface area contributed by atoms with E-state index in [1.54, 1.807) is 0 Å². The number of aromatic amines is 1. The number of piperazine rings is 1. The molecule has 0 bridgehead atoms. The first kappa shape index (κ1) is 17.9. The number of H-pyrrole nitrogens is 1. The van der Waals surface area contributed by atoms with Gasteiger partial charge >= 0.3 is 0 Å². The van der Waals surface area contributed by atoms with Crippen molar-refractivity contribution in [2.45, 2.75) is 31.5 Å². The van der Waals surface area contributed by atoms with Gasteiger partial charge in [0.05, 0.1) is 5.75 Å². The summed E-state index contributed by atoms with van der Waals surface area (Å²) in [6.07, 6.45) is 1.93. The Balaban J connectivity index is 1.40. The Kier molecular flexibility index (Phi) is 6.47. The summed E-state index contributed by atoms with van der Waals surface area (Å²) < 4.78 is 0. The summed E-state index contributed by atoms with van der Waals surface area (Å²) in [4.78, 5) is 21.1. The minimum absolute atomic E-state index is 0.172. The SMILES string of the molecule is CCCc1nc(SCC(=O)N2CCN(Cc3ccccc3)CC2)n[nH]1. The highest BCUT2D eigenvalue weighted by Crippen LogP contribution is 2.15. The van der Waals surface area contributed by atoms with E-state index in [0.29, 0.717) is 10.9 Å². The molecule has 1 saturated heterocycles. The molecule has 2 heterocycles. The van der Waals surface area contributed by atoms with E-state index in [1.165, 1.54) is 17.3 Å². The maximum Gasteiger partial charge on any atom is 0.233 e. The number of carbonyl (C=O) groups is 1. The third-order valence-electron chi connectivity index (χ3n) is 4.30. The second-order valence-electron chi connectivity index (χ2n) is 6.25. The molecule has 1 N–H and O–H groups in total. The minimum atomic E-state index is 0.172. The Morgan fingerprint density at radius 1 is 1.20 bits per heavy atom. The van der Waals surface area contributed by atoms with Gasteiger partial charge in [-0.2, -0.15) is 0 Å². The highest BCUT2D eigenvalue weighted by molar-refractivity contribution is 7.99. The lowest BCUT2D eigenvalue weighted by atomic mass is 10.2. The molecule has 1 aromatic heterocycles. The van der Waals surface area contributed by atoms with Gasteiger partial charge in [-0.25, -0.2) is 4.98 Å². The molecule has 0 atom stereocenters. The van der Waals surface area contributed by atoms with Crippen molar-refractivity contribution >= 4 is 17.7 Å². The van der Waals surface area contributed by atoms with Crippen LogP contribution in [-0.2, 0) is 17.8 Å². The number of rotatable bonds is 7. The van der Waals surface area contributed by atoms with E-state index in [1.807, 2.05) is 11.0 Å². The van der Waals surface area contributed by atoms with E-state index >= 15 is 0 Å². The zero-order chi connectivity index (χ0) is 17.5. The van der Waals surface area contributed by atoms with Crippen LogP contribution < -0.4 is 0 Å². The number of amides is 1. The number of aryl methyl sites for hydroxylation is 1. The minimum Gasteiger partial charge on any atom is -0.339 e. The Bertz CT molecular complexity index is 667. The Morgan fingerprint density at radius 2 is 1.96 bits per heavy atom. The number of thioether (sulfide) groups is 1. The zero-order valence-corrected chi connectivity index (χ0v) is 15.5. The van der Waals surface area contributed by atoms with Crippen molar-refractivity contribution in [3.63, 3.8) is 0 Å². The molecule has 1 amide bonds. The summed E-state index contributed by atoms with van der Waals surface area (Å²) in [6, 6.07) is 10.5. The average Bonchev–Trinajstić information content (AvgIpc) is 3.09. The van der Waals surface area contributed by atoms with Crippen LogP contribution in [-0.4, -0.2) is 62.8 Å². The van der Waals surface area contributed by atoms with Crippen molar-refractivity contribution in [1.29, 1.82) is 0 Å². The molecule has 134 valence electrons. The van der Waals surface area contributed by atoms with Gasteiger partial charge < -0.3 is 4.90 Å². The summed E-state index contributed by atoms with van der Waals surface area (Å²) in [6.45, 7) is 6.49. The lowest BCUT2D eigenvalue weighted by molar-refractivity contribution is -0.130. The number of hydrogen-bond donors (Lipinski definition) is 1. The highest BCUT2D eigenvalue weighted by atomic mass is 32.2. The predicted molar refractivity (Wildman–Crippen MR) is 99.4 cm³/mol. The molecule has 1 aromatic carbocycles. The van der Waals surface area contributed by atoms with Crippen molar-refractivity contribution in [3.8, 4) is 0 Å². The smallest absolute Gasteiger partial charge is 0.233 e. The number of nitrogens with zero attached hydrogens (tertiary/aromatic N) is 4. The van der Waals surface area contributed by atoms with Gasteiger partial charge in [0.1, 0.15) is 5.82 Å². The van der Waals surface area contributed by atoms with Gasteiger partial charge in [-0.1, -0.05) is 49.0 Å². The molecule has 1 aliphatic rings. The molecule has 1 aliphatic heterocycles. The van der Waals surface area contributed by atoms with Gasteiger partial charge in [-0.3, -0.25) is 14.8 Å². The lowest BCUT2D eigenvalue weighted by Crippen LogP contribution is -2.48. The fraction of sp³-hybridized carbons (Fsp3) is 0.500. The van der Waals surface area contributed by atoms with E-state index < -0.39 is 0 Å². The van der Waals surface area contributed by atoms with Crippen LogP contribution in [0.5, 0.6) is 0 Å². The summed E-state index contributed by atoms with van der Waals surface area (Å²) in [5, 5.41) is 7.75. The van der Waals surface area contributed by atoms with E-state index in [4.69, 9.17) is 0 Å². The average molecular weight is 359 g/mol. The fourth-order valence-corrected chi connectivity index (χ4v) is 3.63. The first-order valence-electron chi connectivity index (χ1n) is 8.82. The third kappa shape index (κ3) is 5.31. The van der Waals surface area contributed by atoms with E-state index in [-0.39, 0.29) is 5.91 Å². The molecule has 3 rings (SSSR count). The van der Waals surface area contributed by atoms with Crippen LogP contribution in [0.1, 0.15) is 24.7 Å². The van der Waals surface area contributed by atoms with Crippen molar-refractivity contribution in [1.82, 2.24) is 25.0 Å². The van der Waals surface area contributed by atoms with Crippen LogP contribution in [0.25, 0.3) is 0 Å². The number of hydrogen-bond acceptors (Lipinski definition) is 5. The van der Waals surface area contributed by atoms with E-state index in [0.717, 1.165) is 51.4 Å². The molecular weight excluding hydrogens is 334 g/mol. The predicted octanol–water partition coefficient (Wildman–Crippen LogP) is 2.19. The van der Waals surface area contributed by atoms with Crippen molar-refractivity contribution < 1.29 is 4.79 Å². The summed E-state index contributed by atoms with van der Waals surface area (Å²) in [5.41, 5.74) is 1.32. The topological polar surface area (TPSA) is 65.1 Å². The maximum absolute atomic E-state index is 12.4. The summed E-state index contributed by atoms with van der Waals surface area (Å²) >= 11 is 1.41. The Hall–Kier alpha value is -1.86. The first-order chi connectivity index (χ1) is 12.2. The molecule has 0 aliphatic carbocycles. The molecule has 7 heteroatoms.